The van der Waals surface area contributed by atoms with Gasteiger partial charge in [-0.3, -0.25) is 9.69 Å². The first-order valence-electron chi connectivity index (χ1n) is 11.3. The summed E-state index contributed by atoms with van der Waals surface area (Å²) in [6.45, 7) is 9.27. The largest absolute Gasteiger partial charge is 0.355 e. The van der Waals surface area contributed by atoms with Gasteiger partial charge in [0.2, 0.25) is 5.91 Å². The van der Waals surface area contributed by atoms with Crippen molar-refractivity contribution in [2.75, 3.05) is 37.6 Å². The molecule has 3 heterocycles. The van der Waals surface area contributed by atoms with E-state index in [2.05, 4.69) is 47.2 Å². The summed E-state index contributed by atoms with van der Waals surface area (Å²) in [6, 6.07) is 7.23. The van der Waals surface area contributed by atoms with Crippen molar-refractivity contribution in [3.8, 4) is 0 Å². The molecule has 0 spiro atoms. The molecule has 0 bridgehead atoms. The summed E-state index contributed by atoms with van der Waals surface area (Å²) >= 11 is 1.78. The standard InChI is InChI=1S/C23H34N4OS/c1-3-18-7-8-20-21(16-18)29-23(25-20)27-13-9-19(10-14-27)22(28)24-11-15-26-12-5-4-6-17(26)2/h7-8,16-17,19H,3-6,9-15H2,1-2H3,(H,24,28)/t17-/m0/s1. The smallest absolute Gasteiger partial charge is 0.223 e. The Kier molecular flexibility index (Phi) is 6.70. The van der Waals surface area contributed by atoms with Crippen LogP contribution in [0.3, 0.4) is 0 Å². The summed E-state index contributed by atoms with van der Waals surface area (Å²) in [5.74, 6) is 0.386. The zero-order valence-electron chi connectivity index (χ0n) is 17.8. The predicted molar refractivity (Wildman–Crippen MR) is 122 cm³/mol. The molecule has 1 aromatic heterocycles. The average molecular weight is 415 g/mol. The Morgan fingerprint density at radius 1 is 1.21 bits per heavy atom. The van der Waals surface area contributed by atoms with E-state index in [1.54, 1.807) is 11.3 Å². The maximum atomic E-state index is 12.6. The number of benzene rings is 1. The number of fused-ring (bicyclic) bond motifs is 1. The number of thiazole rings is 1. The van der Waals surface area contributed by atoms with Gasteiger partial charge < -0.3 is 10.2 Å². The van der Waals surface area contributed by atoms with E-state index in [0.717, 1.165) is 56.1 Å². The second-order valence-electron chi connectivity index (χ2n) is 8.59. The minimum absolute atomic E-state index is 0.145. The molecule has 0 aliphatic carbocycles. The van der Waals surface area contributed by atoms with Gasteiger partial charge in [-0.1, -0.05) is 30.7 Å². The number of likely N-dealkylation sites (tertiary alicyclic amines) is 1. The number of aryl methyl sites for hydroxylation is 1. The van der Waals surface area contributed by atoms with Gasteiger partial charge in [-0.25, -0.2) is 4.98 Å². The Hall–Kier alpha value is -1.66. The van der Waals surface area contributed by atoms with Crippen molar-refractivity contribution in [1.29, 1.82) is 0 Å². The highest BCUT2D eigenvalue weighted by atomic mass is 32.1. The number of carbonyl (C=O) groups excluding carboxylic acids is 1. The van der Waals surface area contributed by atoms with Crippen molar-refractivity contribution in [2.24, 2.45) is 5.92 Å². The van der Waals surface area contributed by atoms with E-state index >= 15 is 0 Å². The molecule has 1 N–H and O–H groups in total. The molecule has 1 atom stereocenters. The van der Waals surface area contributed by atoms with E-state index in [0.29, 0.717) is 6.04 Å². The van der Waals surface area contributed by atoms with Crippen molar-refractivity contribution < 1.29 is 4.79 Å². The first-order valence-corrected chi connectivity index (χ1v) is 12.1. The third-order valence-electron chi connectivity index (χ3n) is 6.62. The van der Waals surface area contributed by atoms with Crippen molar-refractivity contribution >= 4 is 32.6 Å². The molecule has 158 valence electrons. The lowest BCUT2D eigenvalue weighted by Gasteiger charge is -2.34. The van der Waals surface area contributed by atoms with Crippen LogP contribution in [0.2, 0.25) is 0 Å². The predicted octanol–water partition coefficient (Wildman–Crippen LogP) is 4.07. The molecular formula is C23H34N4OS. The molecule has 1 amide bonds. The molecule has 2 aliphatic heterocycles. The number of hydrogen-bond acceptors (Lipinski definition) is 5. The fraction of sp³-hybridized carbons (Fsp3) is 0.652. The van der Waals surface area contributed by atoms with Gasteiger partial charge in [-0.2, -0.15) is 0 Å². The zero-order valence-corrected chi connectivity index (χ0v) is 18.6. The molecule has 2 fully saturated rings. The van der Waals surface area contributed by atoms with Gasteiger partial charge in [0.05, 0.1) is 10.2 Å². The first-order chi connectivity index (χ1) is 14.1. The zero-order chi connectivity index (χ0) is 20.2. The van der Waals surface area contributed by atoms with Crippen LogP contribution in [0, 0.1) is 5.92 Å². The summed E-state index contributed by atoms with van der Waals surface area (Å²) in [7, 11) is 0. The fourth-order valence-corrected chi connectivity index (χ4v) is 5.68. The SMILES string of the molecule is CCc1ccc2nc(N3CCC(C(=O)NCCN4CCCC[C@@H]4C)CC3)sc2c1. The second kappa shape index (κ2) is 9.43. The van der Waals surface area contributed by atoms with Gasteiger partial charge in [-0.05, 0) is 63.3 Å². The lowest BCUT2D eigenvalue weighted by atomic mass is 9.96. The molecule has 6 heteroatoms. The molecule has 2 saturated heterocycles. The van der Waals surface area contributed by atoms with Crippen LogP contribution in [0.15, 0.2) is 18.2 Å². The third-order valence-corrected chi connectivity index (χ3v) is 7.70. The van der Waals surface area contributed by atoms with E-state index in [9.17, 15) is 4.79 Å². The quantitative estimate of drug-likeness (QED) is 0.774. The van der Waals surface area contributed by atoms with Gasteiger partial charge in [0.1, 0.15) is 0 Å². The molecular weight excluding hydrogens is 380 g/mol. The Labute approximate surface area is 178 Å². The summed E-state index contributed by atoms with van der Waals surface area (Å²) in [6.07, 6.45) is 6.82. The number of rotatable bonds is 6. The number of hydrogen-bond donors (Lipinski definition) is 1. The molecule has 1 aromatic carbocycles. The molecule has 2 aromatic rings. The maximum Gasteiger partial charge on any atom is 0.223 e. The second-order valence-corrected chi connectivity index (χ2v) is 9.59. The molecule has 5 nitrogen and oxygen atoms in total. The summed E-state index contributed by atoms with van der Waals surface area (Å²) < 4.78 is 1.27. The summed E-state index contributed by atoms with van der Waals surface area (Å²) in [5, 5.41) is 4.30. The van der Waals surface area contributed by atoms with Crippen LogP contribution in [0.25, 0.3) is 10.2 Å². The van der Waals surface area contributed by atoms with Gasteiger partial charge in [0.15, 0.2) is 5.13 Å². The fourth-order valence-electron chi connectivity index (χ4n) is 4.60. The number of nitrogens with one attached hydrogen (secondary N) is 1. The average Bonchev–Trinajstić information content (AvgIpc) is 3.18. The highest BCUT2D eigenvalue weighted by molar-refractivity contribution is 7.22. The Morgan fingerprint density at radius 2 is 2.03 bits per heavy atom. The number of piperidine rings is 2. The van der Waals surface area contributed by atoms with Gasteiger partial charge in [0, 0.05) is 38.1 Å². The van der Waals surface area contributed by atoms with Crippen molar-refractivity contribution in [2.45, 2.75) is 58.4 Å². The monoisotopic (exact) mass is 414 g/mol. The van der Waals surface area contributed by atoms with E-state index in [4.69, 9.17) is 4.98 Å². The molecule has 0 radical (unpaired) electrons. The van der Waals surface area contributed by atoms with Gasteiger partial charge >= 0.3 is 0 Å². The number of nitrogens with zero attached hydrogens (tertiary/aromatic N) is 3. The molecule has 4 rings (SSSR count). The van der Waals surface area contributed by atoms with Crippen molar-refractivity contribution in [1.82, 2.24) is 15.2 Å². The minimum Gasteiger partial charge on any atom is -0.355 e. The minimum atomic E-state index is 0.145. The number of carbonyl (C=O) groups is 1. The van der Waals surface area contributed by atoms with Gasteiger partial charge in [0.25, 0.3) is 0 Å². The highest BCUT2D eigenvalue weighted by Crippen LogP contribution is 2.32. The number of aromatic nitrogens is 1. The van der Waals surface area contributed by atoms with Crippen molar-refractivity contribution in [3.63, 3.8) is 0 Å². The molecule has 0 saturated carbocycles. The highest BCUT2D eigenvalue weighted by Gasteiger charge is 2.26. The Balaban J connectivity index is 1.25. The van der Waals surface area contributed by atoms with E-state index in [1.165, 1.54) is 36.1 Å². The lowest BCUT2D eigenvalue weighted by Crippen LogP contribution is -2.45. The van der Waals surface area contributed by atoms with E-state index in [1.807, 2.05) is 0 Å². The van der Waals surface area contributed by atoms with E-state index < -0.39 is 0 Å². The van der Waals surface area contributed by atoms with Crippen LogP contribution >= 0.6 is 11.3 Å². The third kappa shape index (κ3) is 4.92. The lowest BCUT2D eigenvalue weighted by molar-refractivity contribution is -0.125. The molecule has 0 unspecified atom stereocenters. The number of anilines is 1. The van der Waals surface area contributed by atoms with Crippen LogP contribution in [0.1, 0.15) is 51.5 Å². The summed E-state index contributed by atoms with van der Waals surface area (Å²) in [5.41, 5.74) is 2.45. The van der Waals surface area contributed by atoms with Crippen LogP contribution in [-0.4, -0.2) is 54.6 Å². The molecule has 29 heavy (non-hydrogen) atoms. The maximum absolute atomic E-state index is 12.6. The Morgan fingerprint density at radius 3 is 2.79 bits per heavy atom. The summed E-state index contributed by atoms with van der Waals surface area (Å²) in [4.78, 5) is 22.3. The topological polar surface area (TPSA) is 48.5 Å². The molecule has 2 aliphatic rings. The van der Waals surface area contributed by atoms with Crippen molar-refractivity contribution in [3.05, 3.63) is 23.8 Å². The van der Waals surface area contributed by atoms with Crippen LogP contribution in [0.4, 0.5) is 5.13 Å². The Bertz CT molecular complexity index is 827. The van der Waals surface area contributed by atoms with E-state index in [-0.39, 0.29) is 11.8 Å². The van der Waals surface area contributed by atoms with Crippen LogP contribution in [0.5, 0.6) is 0 Å². The van der Waals surface area contributed by atoms with Crippen LogP contribution in [-0.2, 0) is 11.2 Å². The van der Waals surface area contributed by atoms with Gasteiger partial charge in [-0.15, -0.1) is 0 Å². The number of amides is 1. The normalized spacial score (nSPS) is 21.6. The first kappa shape index (κ1) is 20.6. The van der Waals surface area contributed by atoms with Crippen LogP contribution < -0.4 is 10.2 Å².